The van der Waals surface area contributed by atoms with Crippen LogP contribution >= 0.6 is 0 Å². The summed E-state index contributed by atoms with van der Waals surface area (Å²) in [7, 11) is 2.14. The minimum Gasteiger partial charge on any atom is -0.369 e. The van der Waals surface area contributed by atoms with Gasteiger partial charge in [0.25, 0.3) is 11.8 Å². The van der Waals surface area contributed by atoms with Gasteiger partial charge in [0.05, 0.1) is 5.57 Å². The topological polar surface area (TPSA) is 55.9 Å². The molecule has 35 heavy (non-hydrogen) atoms. The van der Waals surface area contributed by atoms with E-state index >= 15 is 0 Å². The Morgan fingerprint density at radius 3 is 2.03 bits per heavy atom. The van der Waals surface area contributed by atoms with Gasteiger partial charge in [0.15, 0.2) is 0 Å². The molecule has 0 aliphatic carbocycles. The van der Waals surface area contributed by atoms with E-state index in [1.165, 1.54) is 10.6 Å². The van der Waals surface area contributed by atoms with Crippen LogP contribution in [0.5, 0.6) is 0 Å². The third kappa shape index (κ3) is 4.98. The molecule has 1 N–H and O–H groups in total. The largest absolute Gasteiger partial charge is 0.369 e. The minimum atomic E-state index is -0.284. The van der Waals surface area contributed by atoms with Crippen LogP contribution < -0.4 is 10.2 Å². The quantitative estimate of drug-likeness (QED) is 0.536. The molecule has 6 nitrogen and oxygen atoms in total. The number of carbonyl (C=O) groups is 2. The van der Waals surface area contributed by atoms with E-state index in [2.05, 4.69) is 34.3 Å². The second-order valence-electron chi connectivity index (χ2n) is 9.08. The zero-order chi connectivity index (χ0) is 24.2. The molecule has 0 atom stereocenters. The SMILES string of the molecule is CN1CCN(c2ccc(NC3=C(c4ccccc4)C(=O)N(CCc4ccccc4)C3=O)cc2)CC1. The first-order chi connectivity index (χ1) is 17.1. The summed E-state index contributed by atoms with van der Waals surface area (Å²) in [5, 5.41) is 3.28. The molecule has 2 amide bonds. The van der Waals surface area contributed by atoms with E-state index in [-0.39, 0.29) is 11.8 Å². The smallest absolute Gasteiger partial charge is 0.278 e. The number of piperazine rings is 1. The minimum absolute atomic E-state index is 0.256. The second-order valence-corrected chi connectivity index (χ2v) is 9.08. The van der Waals surface area contributed by atoms with Gasteiger partial charge >= 0.3 is 0 Å². The van der Waals surface area contributed by atoms with Gasteiger partial charge in [-0.1, -0.05) is 60.7 Å². The molecule has 6 heteroatoms. The van der Waals surface area contributed by atoms with Crippen LogP contribution in [-0.2, 0) is 16.0 Å². The molecule has 2 heterocycles. The van der Waals surface area contributed by atoms with Crippen LogP contribution in [0.3, 0.4) is 0 Å². The summed E-state index contributed by atoms with van der Waals surface area (Å²) >= 11 is 0. The maximum atomic E-state index is 13.4. The molecule has 1 saturated heterocycles. The first kappa shape index (κ1) is 22.9. The lowest BCUT2D eigenvalue weighted by Crippen LogP contribution is -2.44. The van der Waals surface area contributed by atoms with E-state index in [0.717, 1.165) is 43.0 Å². The number of nitrogens with one attached hydrogen (secondary N) is 1. The second kappa shape index (κ2) is 10.2. The maximum absolute atomic E-state index is 13.4. The van der Waals surface area contributed by atoms with E-state index in [4.69, 9.17) is 0 Å². The van der Waals surface area contributed by atoms with Gasteiger partial charge in [-0.3, -0.25) is 14.5 Å². The number of anilines is 2. The van der Waals surface area contributed by atoms with Crippen molar-refractivity contribution in [1.82, 2.24) is 9.80 Å². The number of imide groups is 1. The van der Waals surface area contributed by atoms with Crippen LogP contribution in [0.4, 0.5) is 11.4 Å². The maximum Gasteiger partial charge on any atom is 0.278 e. The lowest BCUT2D eigenvalue weighted by molar-refractivity contribution is -0.136. The number of rotatable bonds is 7. The van der Waals surface area contributed by atoms with Crippen molar-refractivity contribution in [2.24, 2.45) is 0 Å². The summed E-state index contributed by atoms with van der Waals surface area (Å²) in [4.78, 5) is 32.9. The highest BCUT2D eigenvalue weighted by Gasteiger charge is 2.38. The molecule has 1 fully saturated rings. The molecule has 2 aliphatic heterocycles. The van der Waals surface area contributed by atoms with Crippen LogP contribution in [0.2, 0.25) is 0 Å². The third-order valence-corrected chi connectivity index (χ3v) is 6.70. The van der Waals surface area contributed by atoms with Crippen LogP contribution in [0.15, 0.2) is 90.6 Å². The average molecular weight is 467 g/mol. The Labute approximate surface area is 206 Å². The fourth-order valence-corrected chi connectivity index (χ4v) is 4.62. The lowest BCUT2D eigenvalue weighted by atomic mass is 10.0. The van der Waals surface area contributed by atoms with Gasteiger partial charge in [-0.15, -0.1) is 0 Å². The molecule has 0 bridgehead atoms. The number of hydrogen-bond donors (Lipinski definition) is 1. The van der Waals surface area contributed by atoms with E-state index in [0.29, 0.717) is 24.2 Å². The molecule has 0 radical (unpaired) electrons. The van der Waals surface area contributed by atoms with Crippen LogP contribution in [-0.4, -0.2) is 61.4 Å². The van der Waals surface area contributed by atoms with Gasteiger partial charge in [0, 0.05) is 44.1 Å². The zero-order valence-electron chi connectivity index (χ0n) is 20.0. The van der Waals surface area contributed by atoms with Crippen LogP contribution in [0.25, 0.3) is 5.57 Å². The van der Waals surface area contributed by atoms with Crippen LogP contribution in [0.1, 0.15) is 11.1 Å². The van der Waals surface area contributed by atoms with E-state index in [9.17, 15) is 9.59 Å². The lowest BCUT2D eigenvalue weighted by Gasteiger charge is -2.34. The molecule has 0 unspecified atom stereocenters. The Kier molecular flexibility index (Phi) is 6.64. The fourth-order valence-electron chi connectivity index (χ4n) is 4.62. The van der Waals surface area contributed by atoms with Crippen molar-refractivity contribution in [2.75, 3.05) is 50.0 Å². The number of nitrogens with zero attached hydrogens (tertiary/aromatic N) is 3. The summed E-state index contributed by atoms with van der Waals surface area (Å²) in [6.45, 7) is 4.42. The van der Waals surface area contributed by atoms with Crippen molar-refractivity contribution in [2.45, 2.75) is 6.42 Å². The van der Waals surface area contributed by atoms with Gasteiger partial charge in [0.2, 0.25) is 0 Å². The predicted molar refractivity (Wildman–Crippen MR) is 140 cm³/mol. The van der Waals surface area contributed by atoms with Crippen molar-refractivity contribution in [3.8, 4) is 0 Å². The van der Waals surface area contributed by atoms with Crippen molar-refractivity contribution < 1.29 is 9.59 Å². The Hall–Kier alpha value is -3.90. The van der Waals surface area contributed by atoms with Gasteiger partial charge in [-0.05, 0) is 48.9 Å². The van der Waals surface area contributed by atoms with Gasteiger partial charge in [-0.2, -0.15) is 0 Å². The molecular formula is C29H30N4O2. The Bertz CT molecular complexity index is 1210. The van der Waals surface area contributed by atoms with Crippen molar-refractivity contribution in [3.05, 3.63) is 102 Å². The number of amides is 2. The summed E-state index contributed by atoms with van der Waals surface area (Å²) in [6, 6.07) is 27.4. The molecule has 0 saturated carbocycles. The summed E-state index contributed by atoms with van der Waals surface area (Å²) < 4.78 is 0. The Morgan fingerprint density at radius 1 is 0.743 bits per heavy atom. The van der Waals surface area contributed by atoms with Crippen LogP contribution in [0, 0.1) is 0 Å². The number of benzene rings is 3. The van der Waals surface area contributed by atoms with Gasteiger partial charge in [-0.25, -0.2) is 0 Å². The Balaban J connectivity index is 1.38. The fraction of sp³-hybridized carbons (Fsp3) is 0.241. The molecule has 5 rings (SSSR count). The standard InChI is InChI=1S/C29H30N4O2/c1-31-18-20-32(21-19-31)25-14-12-24(13-15-25)30-27-26(23-10-6-3-7-11-23)28(34)33(29(27)35)17-16-22-8-4-2-5-9-22/h2-15,30H,16-21H2,1H3. The zero-order valence-corrected chi connectivity index (χ0v) is 20.0. The van der Waals surface area contributed by atoms with Crippen molar-refractivity contribution >= 4 is 28.8 Å². The summed E-state index contributed by atoms with van der Waals surface area (Å²) in [5.41, 5.74) is 4.55. The highest BCUT2D eigenvalue weighted by Crippen LogP contribution is 2.31. The molecular weight excluding hydrogens is 436 g/mol. The van der Waals surface area contributed by atoms with Crippen molar-refractivity contribution in [1.29, 1.82) is 0 Å². The van der Waals surface area contributed by atoms with Gasteiger partial charge in [0.1, 0.15) is 5.70 Å². The molecule has 0 aromatic heterocycles. The normalized spacial score (nSPS) is 16.8. The summed E-state index contributed by atoms with van der Waals surface area (Å²) in [5.74, 6) is -0.540. The molecule has 0 spiro atoms. The average Bonchev–Trinajstić information content (AvgIpc) is 3.13. The van der Waals surface area contributed by atoms with Gasteiger partial charge < -0.3 is 15.1 Å². The Morgan fingerprint density at radius 2 is 1.37 bits per heavy atom. The number of likely N-dealkylation sites (N-methyl/N-ethyl adjacent to an activating group) is 1. The van der Waals surface area contributed by atoms with E-state index in [1.54, 1.807) is 0 Å². The highest BCUT2D eigenvalue weighted by molar-refractivity contribution is 6.36. The first-order valence-electron chi connectivity index (χ1n) is 12.1. The monoisotopic (exact) mass is 466 g/mol. The van der Waals surface area contributed by atoms with E-state index < -0.39 is 0 Å². The highest BCUT2D eigenvalue weighted by atomic mass is 16.2. The predicted octanol–water partition coefficient (Wildman–Crippen LogP) is 3.87. The number of hydrogen-bond acceptors (Lipinski definition) is 5. The molecule has 3 aromatic carbocycles. The summed E-state index contributed by atoms with van der Waals surface area (Å²) in [6.07, 6.45) is 0.618. The molecule has 2 aliphatic rings. The molecule has 3 aromatic rings. The number of carbonyl (C=O) groups excluding carboxylic acids is 2. The van der Waals surface area contributed by atoms with E-state index in [1.807, 2.05) is 72.8 Å². The first-order valence-corrected chi connectivity index (χ1v) is 12.1. The van der Waals surface area contributed by atoms with Crippen molar-refractivity contribution in [3.63, 3.8) is 0 Å². The third-order valence-electron chi connectivity index (χ3n) is 6.70. The molecule has 178 valence electrons.